The molecule has 2 aromatic rings. The minimum atomic E-state index is 0.489. The van der Waals surface area contributed by atoms with E-state index in [9.17, 15) is 0 Å². The molecule has 0 saturated carbocycles. The van der Waals surface area contributed by atoms with Crippen molar-refractivity contribution in [1.29, 1.82) is 0 Å². The second-order valence-electron chi connectivity index (χ2n) is 4.21. The second kappa shape index (κ2) is 7.46. The van der Waals surface area contributed by atoms with Gasteiger partial charge in [-0.3, -0.25) is 0 Å². The molecule has 100 valence electrons. The van der Waals surface area contributed by atoms with Crippen molar-refractivity contribution in [3.8, 4) is 5.75 Å². The summed E-state index contributed by atoms with van der Waals surface area (Å²) in [7, 11) is 0. The van der Waals surface area contributed by atoms with Crippen LogP contribution in [-0.4, -0.2) is 12.4 Å². The number of alkyl halides is 1. The highest BCUT2D eigenvalue weighted by Crippen LogP contribution is 2.25. The summed E-state index contributed by atoms with van der Waals surface area (Å²) in [5.41, 5.74) is 2.20. The van der Waals surface area contributed by atoms with Gasteiger partial charge in [-0.25, -0.2) is 0 Å². The molecular weight excluding hydrogens is 276 g/mol. The SMILES string of the molecule is Cc1cccc(CCl)c1OCCSc1ccccc1. The molecule has 3 heteroatoms. The Morgan fingerprint density at radius 3 is 2.58 bits per heavy atom. The Hall–Kier alpha value is -1.12. The van der Waals surface area contributed by atoms with Crippen LogP contribution in [0.2, 0.25) is 0 Å². The molecule has 0 aromatic heterocycles. The Balaban J connectivity index is 1.86. The Labute approximate surface area is 123 Å². The number of hydrogen-bond donors (Lipinski definition) is 0. The lowest BCUT2D eigenvalue weighted by Crippen LogP contribution is -2.03. The zero-order valence-corrected chi connectivity index (χ0v) is 12.5. The lowest BCUT2D eigenvalue weighted by Gasteiger charge is -2.12. The summed E-state index contributed by atoms with van der Waals surface area (Å²) >= 11 is 7.73. The van der Waals surface area contributed by atoms with Gasteiger partial charge in [-0.1, -0.05) is 36.4 Å². The average molecular weight is 293 g/mol. The van der Waals surface area contributed by atoms with E-state index < -0.39 is 0 Å². The molecule has 0 radical (unpaired) electrons. The number of aryl methyl sites for hydroxylation is 1. The first-order chi connectivity index (χ1) is 9.31. The molecule has 0 amide bonds. The van der Waals surface area contributed by atoms with Crippen LogP contribution in [0.15, 0.2) is 53.4 Å². The predicted octanol–water partition coefficient (Wildman–Crippen LogP) is 4.90. The van der Waals surface area contributed by atoms with Crippen LogP contribution < -0.4 is 4.74 Å². The normalized spacial score (nSPS) is 10.4. The lowest BCUT2D eigenvalue weighted by atomic mass is 10.1. The van der Waals surface area contributed by atoms with Gasteiger partial charge < -0.3 is 4.74 Å². The Kier molecular flexibility index (Phi) is 5.62. The van der Waals surface area contributed by atoms with Gasteiger partial charge in [-0.2, -0.15) is 0 Å². The third-order valence-electron chi connectivity index (χ3n) is 2.78. The Morgan fingerprint density at radius 1 is 1.05 bits per heavy atom. The summed E-state index contributed by atoms with van der Waals surface area (Å²) in [5.74, 6) is 2.36. The maximum atomic E-state index is 5.93. The van der Waals surface area contributed by atoms with Crippen LogP contribution in [0.1, 0.15) is 11.1 Å². The third-order valence-corrected chi connectivity index (χ3v) is 4.04. The quantitative estimate of drug-likeness (QED) is 0.425. The minimum absolute atomic E-state index is 0.489. The fourth-order valence-electron chi connectivity index (χ4n) is 1.84. The summed E-state index contributed by atoms with van der Waals surface area (Å²) < 4.78 is 5.88. The van der Waals surface area contributed by atoms with Crippen LogP contribution in [-0.2, 0) is 5.88 Å². The summed E-state index contributed by atoms with van der Waals surface area (Å²) in [6.07, 6.45) is 0. The van der Waals surface area contributed by atoms with Crippen LogP contribution in [0.3, 0.4) is 0 Å². The number of thioether (sulfide) groups is 1. The topological polar surface area (TPSA) is 9.23 Å². The van der Waals surface area contributed by atoms with Gasteiger partial charge in [0, 0.05) is 16.2 Å². The standard InChI is InChI=1S/C16H17ClOS/c1-13-6-5-7-14(12-17)16(13)18-10-11-19-15-8-3-2-4-9-15/h2-9H,10-12H2,1H3. The van der Waals surface area contributed by atoms with E-state index in [0.717, 1.165) is 22.6 Å². The van der Waals surface area contributed by atoms with Gasteiger partial charge in [0.1, 0.15) is 5.75 Å². The van der Waals surface area contributed by atoms with Crippen molar-refractivity contribution in [1.82, 2.24) is 0 Å². The molecular formula is C16H17ClOS. The fraction of sp³-hybridized carbons (Fsp3) is 0.250. The highest BCUT2D eigenvalue weighted by molar-refractivity contribution is 7.99. The Morgan fingerprint density at radius 2 is 1.84 bits per heavy atom. The van der Waals surface area contributed by atoms with E-state index in [0.29, 0.717) is 12.5 Å². The molecule has 2 rings (SSSR count). The second-order valence-corrected chi connectivity index (χ2v) is 5.64. The van der Waals surface area contributed by atoms with E-state index in [4.69, 9.17) is 16.3 Å². The Bertz CT molecular complexity index is 513. The number of ether oxygens (including phenoxy) is 1. The molecule has 0 aliphatic heterocycles. The number of rotatable bonds is 6. The van der Waals surface area contributed by atoms with E-state index in [1.807, 2.05) is 18.2 Å². The number of para-hydroxylation sites is 1. The van der Waals surface area contributed by atoms with Gasteiger partial charge in [0.25, 0.3) is 0 Å². The zero-order valence-electron chi connectivity index (χ0n) is 10.9. The molecule has 0 heterocycles. The largest absolute Gasteiger partial charge is 0.492 e. The first-order valence-electron chi connectivity index (χ1n) is 6.26. The smallest absolute Gasteiger partial charge is 0.126 e. The van der Waals surface area contributed by atoms with Crippen LogP contribution >= 0.6 is 23.4 Å². The summed E-state index contributed by atoms with van der Waals surface area (Å²) in [6, 6.07) is 16.4. The van der Waals surface area contributed by atoms with Crippen LogP contribution in [0.5, 0.6) is 5.75 Å². The van der Waals surface area contributed by atoms with E-state index in [2.05, 4.69) is 37.3 Å². The third kappa shape index (κ3) is 4.19. The van der Waals surface area contributed by atoms with Crippen molar-refractivity contribution < 1.29 is 4.74 Å². The molecule has 0 bridgehead atoms. The van der Waals surface area contributed by atoms with Crippen molar-refractivity contribution in [2.75, 3.05) is 12.4 Å². The van der Waals surface area contributed by atoms with Crippen LogP contribution in [0.4, 0.5) is 0 Å². The zero-order chi connectivity index (χ0) is 13.5. The fourth-order valence-corrected chi connectivity index (χ4v) is 2.81. The average Bonchev–Trinajstić information content (AvgIpc) is 2.46. The first kappa shape index (κ1) is 14.3. The van der Waals surface area contributed by atoms with E-state index in [1.54, 1.807) is 11.8 Å². The van der Waals surface area contributed by atoms with Gasteiger partial charge in [-0.15, -0.1) is 23.4 Å². The molecule has 0 fully saturated rings. The summed E-state index contributed by atoms with van der Waals surface area (Å²) in [4.78, 5) is 1.27. The number of hydrogen-bond acceptors (Lipinski definition) is 2. The molecule has 0 aliphatic rings. The van der Waals surface area contributed by atoms with E-state index in [1.165, 1.54) is 4.90 Å². The lowest BCUT2D eigenvalue weighted by molar-refractivity contribution is 0.339. The van der Waals surface area contributed by atoms with Gasteiger partial charge >= 0.3 is 0 Å². The highest BCUT2D eigenvalue weighted by atomic mass is 35.5. The molecule has 0 unspecified atom stereocenters. The highest BCUT2D eigenvalue weighted by Gasteiger charge is 2.05. The van der Waals surface area contributed by atoms with Crippen LogP contribution in [0, 0.1) is 6.92 Å². The van der Waals surface area contributed by atoms with E-state index in [-0.39, 0.29) is 0 Å². The molecule has 2 aromatic carbocycles. The van der Waals surface area contributed by atoms with E-state index >= 15 is 0 Å². The van der Waals surface area contributed by atoms with Gasteiger partial charge in [0.05, 0.1) is 12.5 Å². The predicted molar refractivity (Wildman–Crippen MR) is 83.4 cm³/mol. The summed E-state index contributed by atoms with van der Waals surface area (Å²) in [6.45, 7) is 2.74. The monoisotopic (exact) mass is 292 g/mol. The maximum absolute atomic E-state index is 5.93. The van der Waals surface area contributed by atoms with Crippen LogP contribution in [0.25, 0.3) is 0 Å². The number of halogens is 1. The molecule has 1 nitrogen and oxygen atoms in total. The molecule has 19 heavy (non-hydrogen) atoms. The molecule has 0 atom stereocenters. The molecule has 0 N–H and O–H groups in total. The molecule has 0 spiro atoms. The number of benzene rings is 2. The van der Waals surface area contributed by atoms with Gasteiger partial charge in [-0.05, 0) is 24.6 Å². The molecule has 0 saturated heterocycles. The molecule has 0 aliphatic carbocycles. The first-order valence-corrected chi connectivity index (χ1v) is 7.78. The van der Waals surface area contributed by atoms with Crippen molar-refractivity contribution in [2.45, 2.75) is 17.7 Å². The van der Waals surface area contributed by atoms with Crippen molar-refractivity contribution in [3.63, 3.8) is 0 Å². The minimum Gasteiger partial charge on any atom is -0.492 e. The maximum Gasteiger partial charge on any atom is 0.126 e. The van der Waals surface area contributed by atoms with Gasteiger partial charge in [0.15, 0.2) is 0 Å². The van der Waals surface area contributed by atoms with Crippen molar-refractivity contribution in [3.05, 3.63) is 59.7 Å². The van der Waals surface area contributed by atoms with Crippen molar-refractivity contribution in [2.24, 2.45) is 0 Å². The van der Waals surface area contributed by atoms with Crippen molar-refractivity contribution >= 4 is 23.4 Å². The van der Waals surface area contributed by atoms with Gasteiger partial charge in [0.2, 0.25) is 0 Å². The summed E-state index contributed by atoms with van der Waals surface area (Å²) in [5, 5.41) is 0.